The minimum absolute atomic E-state index is 0.780. The predicted octanol–water partition coefficient (Wildman–Crippen LogP) is 2.36. The number of carbonyl (C=O) groups excluding carboxylic acids is 1. The van der Waals surface area contributed by atoms with Crippen LogP contribution in [0.5, 0.6) is 0 Å². The van der Waals surface area contributed by atoms with E-state index in [0.29, 0.717) is 0 Å². The highest BCUT2D eigenvalue weighted by molar-refractivity contribution is 6.66. The molecule has 0 saturated carbocycles. The van der Waals surface area contributed by atoms with Crippen LogP contribution >= 0.6 is 0 Å². The van der Waals surface area contributed by atoms with Crippen LogP contribution < -0.4 is 0 Å². The van der Waals surface area contributed by atoms with Crippen molar-refractivity contribution in [2.75, 3.05) is 13.2 Å². The molecule has 0 spiro atoms. The molecule has 0 aromatic heterocycles. The van der Waals surface area contributed by atoms with Crippen LogP contribution in [0, 0.1) is 0 Å². The molecule has 0 amide bonds. The lowest BCUT2D eigenvalue weighted by Gasteiger charge is -2.25. The van der Waals surface area contributed by atoms with Crippen LogP contribution in [0.3, 0.4) is 0 Å². The van der Waals surface area contributed by atoms with Crippen LogP contribution in [0.4, 0.5) is 0 Å². The Morgan fingerprint density at radius 3 is 1.69 bits per heavy atom. The highest BCUT2D eigenvalue weighted by Crippen LogP contribution is 2.14. The maximum atomic E-state index is 8.00. The molecule has 0 radical (unpaired) electrons. The average molecular weight is 206 g/mol. The number of carbonyl (C=O) groups is 1. The predicted molar refractivity (Wildman–Crippen MR) is 57.1 cm³/mol. The number of hydrogen-bond acceptors (Lipinski definition) is 3. The SMILES string of the molecule is C=O.CCC[Si](C)(OCC)OCC. The second-order valence-electron chi connectivity index (χ2n) is 2.75. The van der Waals surface area contributed by atoms with Gasteiger partial charge in [0.1, 0.15) is 6.79 Å². The van der Waals surface area contributed by atoms with Gasteiger partial charge in [-0.05, 0) is 26.4 Å². The van der Waals surface area contributed by atoms with Crippen molar-refractivity contribution in [1.29, 1.82) is 0 Å². The lowest BCUT2D eigenvalue weighted by atomic mass is 10.6. The van der Waals surface area contributed by atoms with Gasteiger partial charge in [-0.1, -0.05) is 13.3 Å². The lowest BCUT2D eigenvalue weighted by Crippen LogP contribution is -2.38. The summed E-state index contributed by atoms with van der Waals surface area (Å²) < 4.78 is 11.3. The third kappa shape index (κ3) is 8.15. The molecule has 0 unspecified atom stereocenters. The molecule has 0 atom stereocenters. The van der Waals surface area contributed by atoms with E-state index in [1.54, 1.807) is 0 Å². The normalized spacial score (nSPS) is 10.5. The Balaban J connectivity index is 0. The summed E-state index contributed by atoms with van der Waals surface area (Å²) in [5.41, 5.74) is 0. The molecule has 0 aliphatic carbocycles. The first-order valence-electron chi connectivity index (χ1n) is 4.75. The van der Waals surface area contributed by atoms with Crippen molar-refractivity contribution < 1.29 is 13.6 Å². The Labute approximate surface area is 82.7 Å². The summed E-state index contributed by atoms with van der Waals surface area (Å²) in [7, 11) is -1.75. The van der Waals surface area contributed by atoms with Gasteiger partial charge in [0.05, 0.1) is 0 Å². The van der Waals surface area contributed by atoms with Gasteiger partial charge < -0.3 is 13.6 Å². The number of hydrogen-bond donors (Lipinski definition) is 0. The Bertz CT molecular complexity index is 92.0. The van der Waals surface area contributed by atoms with Gasteiger partial charge in [0.2, 0.25) is 0 Å². The van der Waals surface area contributed by atoms with Crippen molar-refractivity contribution >= 4 is 15.3 Å². The van der Waals surface area contributed by atoms with E-state index in [9.17, 15) is 0 Å². The van der Waals surface area contributed by atoms with Gasteiger partial charge in [0.15, 0.2) is 0 Å². The fourth-order valence-corrected chi connectivity index (χ4v) is 3.75. The van der Waals surface area contributed by atoms with Gasteiger partial charge >= 0.3 is 8.56 Å². The van der Waals surface area contributed by atoms with Gasteiger partial charge in [0.25, 0.3) is 0 Å². The average Bonchev–Trinajstić information content (AvgIpc) is 2.09. The molecule has 3 nitrogen and oxygen atoms in total. The molecule has 0 heterocycles. The van der Waals surface area contributed by atoms with Crippen molar-refractivity contribution in [3.8, 4) is 0 Å². The first-order chi connectivity index (χ1) is 6.18. The third-order valence-electron chi connectivity index (χ3n) is 1.60. The topological polar surface area (TPSA) is 35.5 Å². The molecular formula is C9H22O3Si. The zero-order valence-electron chi connectivity index (χ0n) is 9.26. The Morgan fingerprint density at radius 1 is 1.08 bits per heavy atom. The van der Waals surface area contributed by atoms with Crippen molar-refractivity contribution in [3.63, 3.8) is 0 Å². The molecule has 80 valence electrons. The fourth-order valence-electron chi connectivity index (χ4n) is 1.25. The van der Waals surface area contributed by atoms with Gasteiger partial charge in [0, 0.05) is 13.2 Å². The van der Waals surface area contributed by atoms with E-state index in [4.69, 9.17) is 13.6 Å². The summed E-state index contributed by atoms with van der Waals surface area (Å²) in [4.78, 5) is 8.00. The molecule has 4 heteroatoms. The van der Waals surface area contributed by atoms with E-state index in [0.717, 1.165) is 25.7 Å². The fraction of sp³-hybridized carbons (Fsp3) is 0.889. The molecule has 0 aromatic rings. The first kappa shape index (κ1) is 15.3. The van der Waals surface area contributed by atoms with Gasteiger partial charge in [-0.2, -0.15) is 0 Å². The number of rotatable bonds is 6. The molecule has 0 fully saturated rings. The summed E-state index contributed by atoms with van der Waals surface area (Å²) in [5, 5.41) is 0. The first-order valence-corrected chi connectivity index (χ1v) is 7.27. The van der Waals surface area contributed by atoms with Crippen LogP contribution in [0.1, 0.15) is 27.2 Å². The Hall–Kier alpha value is -0.193. The summed E-state index contributed by atoms with van der Waals surface area (Å²) in [5.74, 6) is 0. The Kier molecular flexibility index (Phi) is 11.6. The minimum Gasteiger partial charge on any atom is -0.395 e. The molecular weight excluding hydrogens is 184 g/mol. The second kappa shape index (κ2) is 9.89. The highest BCUT2D eigenvalue weighted by Gasteiger charge is 2.28. The maximum absolute atomic E-state index is 8.00. The van der Waals surface area contributed by atoms with Crippen molar-refractivity contribution in [2.45, 2.75) is 39.8 Å². The van der Waals surface area contributed by atoms with Gasteiger partial charge in [-0.3, -0.25) is 0 Å². The highest BCUT2D eigenvalue weighted by atomic mass is 28.4. The van der Waals surface area contributed by atoms with Gasteiger partial charge in [-0.25, -0.2) is 0 Å². The third-order valence-corrected chi connectivity index (χ3v) is 4.81. The van der Waals surface area contributed by atoms with E-state index in [2.05, 4.69) is 13.5 Å². The summed E-state index contributed by atoms with van der Waals surface area (Å²) in [6.45, 7) is 11.9. The monoisotopic (exact) mass is 206 g/mol. The largest absolute Gasteiger partial charge is 0.395 e. The van der Waals surface area contributed by atoms with E-state index in [1.165, 1.54) is 0 Å². The zero-order valence-corrected chi connectivity index (χ0v) is 10.3. The van der Waals surface area contributed by atoms with E-state index >= 15 is 0 Å². The molecule has 0 saturated heterocycles. The van der Waals surface area contributed by atoms with E-state index < -0.39 is 8.56 Å². The van der Waals surface area contributed by atoms with Crippen LogP contribution in [0.2, 0.25) is 12.6 Å². The van der Waals surface area contributed by atoms with Crippen molar-refractivity contribution in [1.82, 2.24) is 0 Å². The van der Waals surface area contributed by atoms with Crippen LogP contribution in [-0.2, 0) is 13.6 Å². The lowest BCUT2D eigenvalue weighted by molar-refractivity contribution is -0.0979. The minimum atomic E-state index is -1.75. The molecule has 0 N–H and O–H groups in total. The molecule has 13 heavy (non-hydrogen) atoms. The summed E-state index contributed by atoms with van der Waals surface area (Å²) >= 11 is 0. The summed E-state index contributed by atoms with van der Waals surface area (Å²) in [6, 6.07) is 1.11. The van der Waals surface area contributed by atoms with Gasteiger partial charge in [-0.15, -0.1) is 0 Å². The quantitative estimate of drug-likeness (QED) is 0.626. The van der Waals surface area contributed by atoms with Crippen LogP contribution in [0.15, 0.2) is 0 Å². The molecule has 0 aliphatic heterocycles. The molecule has 0 rings (SSSR count). The van der Waals surface area contributed by atoms with Crippen LogP contribution in [-0.4, -0.2) is 28.6 Å². The molecule has 0 aromatic carbocycles. The Morgan fingerprint density at radius 2 is 1.46 bits per heavy atom. The van der Waals surface area contributed by atoms with E-state index in [1.807, 2.05) is 20.6 Å². The molecule has 0 bridgehead atoms. The van der Waals surface area contributed by atoms with Crippen LogP contribution in [0.25, 0.3) is 0 Å². The zero-order chi connectivity index (χ0) is 10.7. The smallest absolute Gasteiger partial charge is 0.334 e. The summed E-state index contributed by atoms with van der Waals surface area (Å²) in [6.07, 6.45) is 1.16. The van der Waals surface area contributed by atoms with E-state index in [-0.39, 0.29) is 0 Å². The standard InChI is InChI=1S/C8H20O2Si.CH2O/c1-5-8-11(4,9-6-2)10-7-3;1-2/h5-8H2,1-4H3;1H2. The van der Waals surface area contributed by atoms with Crippen molar-refractivity contribution in [2.24, 2.45) is 0 Å². The molecule has 0 aliphatic rings. The maximum Gasteiger partial charge on any atom is 0.334 e. The second-order valence-corrected chi connectivity index (χ2v) is 6.09. The van der Waals surface area contributed by atoms with Crippen molar-refractivity contribution in [3.05, 3.63) is 0 Å².